The van der Waals surface area contributed by atoms with Gasteiger partial charge in [-0.25, -0.2) is 9.59 Å². The molecule has 2 N–H and O–H groups in total. The number of rotatable bonds is 4. The van der Waals surface area contributed by atoms with E-state index in [9.17, 15) is 9.59 Å². The molecule has 9 heteroatoms. The van der Waals surface area contributed by atoms with Crippen molar-refractivity contribution in [1.29, 1.82) is 0 Å². The van der Waals surface area contributed by atoms with E-state index >= 15 is 0 Å². The molecule has 0 spiro atoms. The summed E-state index contributed by atoms with van der Waals surface area (Å²) in [5, 5.41) is 15.2. The first-order valence-corrected chi connectivity index (χ1v) is 5.78. The van der Waals surface area contributed by atoms with Gasteiger partial charge in [-0.2, -0.15) is 4.98 Å². The molecule has 19 heavy (non-hydrogen) atoms. The highest BCUT2D eigenvalue weighted by atomic mass is 16.5. The SMILES string of the molecule is O=C(O)C1COCCN1C(=O)NCCc1ncon1. The van der Waals surface area contributed by atoms with Gasteiger partial charge >= 0.3 is 12.0 Å². The number of carboxylic acids is 1. The Hall–Kier alpha value is -2.16. The maximum absolute atomic E-state index is 11.9. The monoisotopic (exact) mass is 270 g/mol. The van der Waals surface area contributed by atoms with E-state index in [0.29, 0.717) is 25.4 Å². The molecule has 0 aromatic carbocycles. The number of urea groups is 1. The lowest BCUT2D eigenvalue weighted by molar-refractivity contribution is -0.147. The second-order valence-corrected chi connectivity index (χ2v) is 3.95. The van der Waals surface area contributed by atoms with Gasteiger partial charge in [-0.15, -0.1) is 0 Å². The number of aliphatic carboxylic acids is 1. The molecule has 1 atom stereocenters. The van der Waals surface area contributed by atoms with E-state index in [2.05, 4.69) is 20.0 Å². The van der Waals surface area contributed by atoms with Crippen LogP contribution in [-0.4, -0.2) is 64.5 Å². The minimum atomic E-state index is -1.08. The van der Waals surface area contributed by atoms with Crippen LogP contribution in [0.1, 0.15) is 5.82 Å². The highest BCUT2D eigenvalue weighted by Gasteiger charge is 2.32. The van der Waals surface area contributed by atoms with Crippen LogP contribution in [0.5, 0.6) is 0 Å². The molecule has 1 aliphatic rings. The summed E-state index contributed by atoms with van der Waals surface area (Å²) in [5.41, 5.74) is 0. The summed E-state index contributed by atoms with van der Waals surface area (Å²) in [6.45, 7) is 0.905. The molecule has 1 saturated heterocycles. The summed E-state index contributed by atoms with van der Waals surface area (Å²) in [7, 11) is 0. The first-order valence-electron chi connectivity index (χ1n) is 5.78. The average molecular weight is 270 g/mol. The number of amides is 2. The van der Waals surface area contributed by atoms with Crippen LogP contribution in [-0.2, 0) is 16.0 Å². The molecular formula is C10H14N4O5. The van der Waals surface area contributed by atoms with Crippen LogP contribution in [0.4, 0.5) is 4.79 Å². The van der Waals surface area contributed by atoms with Crippen molar-refractivity contribution in [2.45, 2.75) is 12.5 Å². The Bertz CT molecular complexity index is 435. The molecular weight excluding hydrogens is 256 g/mol. The molecule has 0 aliphatic carbocycles. The van der Waals surface area contributed by atoms with Crippen molar-refractivity contribution in [2.75, 3.05) is 26.3 Å². The van der Waals surface area contributed by atoms with Crippen molar-refractivity contribution >= 4 is 12.0 Å². The van der Waals surface area contributed by atoms with Gasteiger partial charge in [0.05, 0.1) is 13.2 Å². The largest absolute Gasteiger partial charge is 0.480 e. The number of morpholine rings is 1. The molecule has 0 bridgehead atoms. The third-order valence-electron chi connectivity index (χ3n) is 2.71. The zero-order chi connectivity index (χ0) is 13.7. The van der Waals surface area contributed by atoms with Crippen LogP contribution in [0.25, 0.3) is 0 Å². The summed E-state index contributed by atoms with van der Waals surface area (Å²) < 4.78 is 9.61. The zero-order valence-corrected chi connectivity index (χ0v) is 10.1. The maximum Gasteiger partial charge on any atom is 0.328 e. The summed E-state index contributed by atoms with van der Waals surface area (Å²) in [4.78, 5) is 27.9. The number of carbonyl (C=O) groups excluding carboxylic acids is 1. The average Bonchev–Trinajstić information content (AvgIpc) is 2.91. The van der Waals surface area contributed by atoms with E-state index in [4.69, 9.17) is 9.84 Å². The summed E-state index contributed by atoms with van der Waals surface area (Å²) in [6.07, 6.45) is 1.63. The van der Waals surface area contributed by atoms with E-state index in [1.807, 2.05) is 0 Å². The predicted octanol–water partition coefficient (Wildman–Crippen LogP) is -0.893. The number of aromatic nitrogens is 2. The van der Waals surface area contributed by atoms with Gasteiger partial charge in [-0.05, 0) is 0 Å². The maximum atomic E-state index is 11.9. The Morgan fingerprint density at radius 3 is 3.11 bits per heavy atom. The molecule has 2 rings (SSSR count). The van der Waals surface area contributed by atoms with E-state index in [-0.39, 0.29) is 13.2 Å². The molecule has 1 fully saturated rings. The number of nitrogens with zero attached hydrogens (tertiary/aromatic N) is 3. The summed E-state index contributed by atoms with van der Waals surface area (Å²) in [5.74, 6) is -0.593. The van der Waals surface area contributed by atoms with Gasteiger partial charge < -0.3 is 24.6 Å². The van der Waals surface area contributed by atoms with Crippen LogP contribution in [0.3, 0.4) is 0 Å². The lowest BCUT2D eigenvalue weighted by atomic mass is 10.2. The predicted molar refractivity (Wildman–Crippen MR) is 60.3 cm³/mol. The van der Waals surface area contributed by atoms with Crippen molar-refractivity contribution in [3.63, 3.8) is 0 Å². The lowest BCUT2D eigenvalue weighted by Crippen LogP contribution is -2.55. The smallest absolute Gasteiger partial charge is 0.328 e. The first-order chi connectivity index (χ1) is 9.18. The minimum Gasteiger partial charge on any atom is -0.480 e. The Labute approximate surface area is 108 Å². The summed E-state index contributed by atoms with van der Waals surface area (Å²) >= 11 is 0. The second kappa shape index (κ2) is 6.14. The topological polar surface area (TPSA) is 118 Å². The number of nitrogens with one attached hydrogen (secondary N) is 1. The Morgan fingerprint density at radius 1 is 1.58 bits per heavy atom. The van der Waals surface area contributed by atoms with Gasteiger partial charge in [0.15, 0.2) is 11.9 Å². The van der Waals surface area contributed by atoms with Crippen molar-refractivity contribution < 1.29 is 24.0 Å². The fraction of sp³-hybridized carbons (Fsp3) is 0.600. The standard InChI is InChI=1S/C10H14N4O5/c15-9(16)7-5-18-4-3-14(7)10(17)11-2-1-8-12-6-19-13-8/h6-7H,1-5H2,(H,11,17)(H,15,16). The van der Waals surface area contributed by atoms with E-state index < -0.39 is 18.0 Å². The Morgan fingerprint density at radius 2 is 2.42 bits per heavy atom. The van der Waals surface area contributed by atoms with Gasteiger partial charge in [0.25, 0.3) is 0 Å². The highest BCUT2D eigenvalue weighted by Crippen LogP contribution is 2.07. The molecule has 104 valence electrons. The number of carbonyl (C=O) groups is 2. The van der Waals surface area contributed by atoms with E-state index in [0.717, 1.165) is 0 Å². The zero-order valence-electron chi connectivity index (χ0n) is 10.1. The van der Waals surface area contributed by atoms with Crippen molar-refractivity contribution in [1.82, 2.24) is 20.4 Å². The number of hydrogen-bond donors (Lipinski definition) is 2. The van der Waals surface area contributed by atoms with Gasteiger partial charge in [0, 0.05) is 19.5 Å². The van der Waals surface area contributed by atoms with Crippen LogP contribution >= 0.6 is 0 Å². The molecule has 1 aliphatic heterocycles. The fourth-order valence-electron chi connectivity index (χ4n) is 1.74. The third-order valence-corrected chi connectivity index (χ3v) is 2.71. The number of carboxylic acid groups (broad SMARTS) is 1. The normalized spacial score (nSPS) is 19.2. The van der Waals surface area contributed by atoms with Gasteiger partial charge in [-0.1, -0.05) is 5.16 Å². The molecule has 1 aromatic heterocycles. The molecule has 9 nitrogen and oxygen atoms in total. The van der Waals surface area contributed by atoms with E-state index in [1.54, 1.807) is 0 Å². The lowest BCUT2D eigenvalue weighted by Gasteiger charge is -2.32. The fourth-order valence-corrected chi connectivity index (χ4v) is 1.74. The second-order valence-electron chi connectivity index (χ2n) is 3.95. The van der Waals surface area contributed by atoms with Gasteiger partial charge in [-0.3, -0.25) is 0 Å². The third kappa shape index (κ3) is 3.41. The molecule has 1 aromatic rings. The van der Waals surface area contributed by atoms with Crippen molar-refractivity contribution in [2.24, 2.45) is 0 Å². The molecule has 1 unspecified atom stereocenters. The van der Waals surface area contributed by atoms with Crippen molar-refractivity contribution in [3.8, 4) is 0 Å². The number of hydrogen-bond acceptors (Lipinski definition) is 6. The first kappa shape index (κ1) is 13.3. The molecule has 2 amide bonds. The summed E-state index contributed by atoms with van der Waals surface area (Å²) in [6, 6.07) is -1.38. The Balaban J connectivity index is 1.82. The molecule has 0 radical (unpaired) electrons. The van der Waals surface area contributed by atoms with Crippen LogP contribution < -0.4 is 5.32 Å². The quantitative estimate of drug-likeness (QED) is 0.728. The number of ether oxygens (including phenoxy) is 1. The van der Waals surface area contributed by atoms with Crippen LogP contribution in [0.15, 0.2) is 10.9 Å². The van der Waals surface area contributed by atoms with Crippen molar-refractivity contribution in [3.05, 3.63) is 12.2 Å². The molecule has 2 heterocycles. The van der Waals surface area contributed by atoms with Gasteiger partial charge in [0.2, 0.25) is 6.39 Å². The van der Waals surface area contributed by atoms with Crippen LogP contribution in [0, 0.1) is 0 Å². The molecule has 0 saturated carbocycles. The highest BCUT2D eigenvalue weighted by molar-refractivity contribution is 5.82. The van der Waals surface area contributed by atoms with Gasteiger partial charge in [0.1, 0.15) is 0 Å². The Kier molecular flexibility index (Phi) is 4.29. The minimum absolute atomic E-state index is 0.00753. The van der Waals surface area contributed by atoms with E-state index in [1.165, 1.54) is 11.3 Å². The van der Waals surface area contributed by atoms with Crippen LogP contribution in [0.2, 0.25) is 0 Å².